The lowest BCUT2D eigenvalue weighted by Gasteiger charge is -2.26. The quantitative estimate of drug-likeness (QED) is 0.134. The fourth-order valence-electron chi connectivity index (χ4n) is 3.19. The second-order valence-electron chi connectivity index (χ2n) is 8.13. The van der Waals surface area contributed by atoms with Crippen LogP contribution in [0.25, 0.3) is 0 Å². The summed E-state index contributed by atoms with van der Waals surface area (Å²) in [7, 11) is 0. The van der Waals surface area contributed by atoms with Gasteiger partial charge >= 0.3 is 5.97 Å². The molecule has 2 rings (SSSR count). The third-order valence-electron chi connectivity index (χ3n) is 5.20. The van der Waals surface area contributed by atoms with Gasteiger partial charge in [-0.05, 0) is 24.6 Å². The summed E-state index contributed by atoms with van der Waals surface area (Å²) in [6, 6.07) is 0.689. The molecule has 196 valence electrons. The van der Waals surface area contributed by atoms with E-state index in [1.807, 2.05) is 0 Å². The predicted octanol–water partition coefficient (Wildman–Crippen LogP) is -1.92. The first kappa shape index (κ1) is 28.6. The summed E-state index contributed by atoms with van der Waals surface area (Å²) < 4.78 is 0. The number of aromatic nitrogens is 2. The van der Waals surface area contributed by atoms with E-state index in [9.17, 15) is 34.5 Å². The van der Waals surface area contributed by atoms with E-state index in [-0.39, 0.29) is 24.3 Å². The van der Waals surface area contributed by atoms with Gasteiger partial charge in [-0.1, -0.05) is 12.1 Å². The van der Waals surface area contributed by atoms with E-state index >= 15 is 0 Å². The first-order chi connectivity index (χ1) is 17.0. The van der Waals surface area contributed by atoms with Gasteiger partial charge in [-0.15, -0.1) is 0 Å². The third-order valence-corrected chi connectivity index (χ3v) is 5.57. The number of hydrogen-bond donors (Lipinski definition) is 9. The molecule has 5 unspecified atom stereocenters. The molecule has 3 amide bonds. The van der Waals surface area contributed by atoms with Gasteiger partial charge in [0.25, 0.3) is 0 Å². The molecule has 0 fully saturated rings. The number of amides is 3. The average molecular weight is 523 g/mol. The maximum Gasteiger partial charge on any atom is 0.326 e. The van der Waals surface area contributed by atoms with Crippen molar-refractivity contribution < 1.29 is 34.5 Å². The van der Waals surface area contributed by atoms with Crippen molar-refractivity contribution in [1.82, 2.24) is 25.9 Å². The van der Waals surface area contributed by atoms with Crippen molar-refractivity contribution in [2.75, 3.05) is 5.75 Å². The van der Waals surface area contributed by atoms with Crippen LogP contribution in [0.5, 0.6) is 5.75 Å². The number of phenols is 1. The number of aliphatic carboxylic acids is 1. The van der Waals surface area contributed by atoms with E-state index in [0.717, 1.165) is 0 Å². The number of rotatable bonds is 13. The van der Waals surface area contributed by atoms with Gasteiger partial charge in [-0.3, -0.25) is 14.4 Å². The Bertz CT molecular complexity index is 1030. The molecular formula is C22H30N6O7S. The van der Waals surface area contributed by atoms with Crippen LogP contribution in [-0.2, 0) is 32.0 Å². The number of carboxylic acids is 1. The normalized spacial score (nSPS) is 15.1. The number of nitrogens with one attached hydrogen (secondary N) is 4. The first-order valence-corrected chi connectivity index (χ1v) is 11.6. The molecular weight excluding hydrogens is 492 g/mol. The number of thiol groups is 1. The SMILES string of the molecule is CC(O)C(NC(=O)C(CS)NC(=O)C(N)Cc1cnc[nH]1)C(=O)NC(Cc1ccc(O)cc1)C(=O)O. The number of nitrogens with two attached hydrogens (primary N) is 1. The molecule has 13 nitrogen and oxygen atoms in total. The maximum absolute atomic E-state index is 12.8. The number of phenolic OH excluding ortho intramolecular Hbond substituents is 1. The monoisotopic (exact) mass is 522 g/mol. The summed E-state index contributed by atoms with van der Waals surface area (Å²) in [6.07, 6.45) is 1.59. The summed E-state index contributed by atoms with van der Waals surface area (Å²) >= 11 is 4.07. The molecule has 0 spiro atoms. The fraction of sp³-hybridized carbons (Fsp3) is 0.409. The summed E-state index contributed by atoms with van der Waals surface area (Å²) in [5.41, 5.74) is 7.02. The van der Waals surface area contributed by atoms with Crippen LogP contribution in [0.3, 0.4) is 0 Å². The fourth-order valence-corrected chi connectivity index (χ4v) is 3.44. The minimum atomic E-state index is -1.52. The van der Waals surface area contributed by atoms with Crippen LogP contribution in [0.15, 0.2) is 36.8 Å². The number of carbonyl (C=O) groups excluding carboxylic acids is 3. The van der Waals surface area contributed by atoms with Crippen LogP contribution in [0.4, 0.5) is 0 Å². The number of carbonyl (C=O) groups is 4. The number of H-pyrrole nitrogens is 1. The van der Waals surface area contributed by atoms with E-state index in [4.69, 9.17) is 5.73 Å². The summed E-state index contributed by atoms with van der Waals surface area (Å²) in [5, 5.41) is 36.0. The van der Waals surface area contributed by atoms with Gasteiger partial charge in [-0.2, -0.15) is 12.6 Å². The van der Waals surface area contributed by atoms with Gasteiger partial charge in [0.05, 0.1) is 18.5 Å². The highest BCUT2D eigenvalue weighted by atomic mass is 32.1. The zero-order valence-corrected chi connectivity index (χ0v) is 20.3. The van der Waals surface area contributed by atoms with Crippen LogP contribution >= 0.6 is 12.6 Å². The van der Waals surface area contributed by atoms with E-state index in [2.05, 4.69) is 38.5 Å². The zero-order valence-electron chi connectivity index (χ0n) is 19.4. The van der Waals surface area contributed by atoms with E-state index < -0.39 is 54.0 Å². The van der Waals surface area contributed by atoms with Gasteiger partial charge in [0.1, 0.15) is 23.9 Å². The minimum absolute atomic E-state index is 0.000333. The first-order valence-electron chi connectivity index (χ1n) is 10.9. The Morgan fingerprint density at radius 3 is 2.19 bits per heavy atom. The predicted molar refractivity (Wildman–Crippen MR) is 131 cm³/mol. The molecule has 0 radical (unpaired) electrons. The van der Waals surface area contributed by atoms with Crippen LogP contribution in [0.2, 0.25) is 0 Å². The molecule has 1 aromatic heterocycles. The molecule has 0 aliphatic rings. The number of aliphatic hydroxyl groups is 1. The van der Waals surface area contributed by atoms with E-state index in [0.29, 0.717) is 11.3 Å². The molecule has 0 aliphatic heterocycles. The molecule has 1 aromatic carbocycles. The number of aromatic hydroxyl groups is 1. The minimum Gasteiger partial charge on any atom is -0.508 e. The van der Waals surface area contributed by atoms with Crippen LogP contribution in [0.1, 0.15) is 18.2 Å². The van der Waals surface area contributed by atoms with E-state index in [1.54, 1.807) is 0 Å². The highest BCUT2D eigenvalue weighted by Gasteiger charge is 2.32. The lowest BCUT2D eigenvalue weighted by molar-refractivity contribution is -0.143. The Labute approximate surface area is 212 Å². The van der Waals surface area contributed by atoms with Gasteiger partial charge in [0.15, 0.2) is 0 Å². The van der Waals surface area contributed by atoms with Crippen LogP contribution in [0, 0.1) is 0 Å². The lowest BCUT2D eigenvalue weighted by atomic mass is 10.0. The molecule has 9 N–H and O–H groups in total. The standard InChI is InChI=1S/C22H30N6O7S/c1-11(29)18(21(33)26-16(22(34)35)6-12-2-4-14(30)5-3-12)28-20(32)17(9-36)27-19(31)15(23)7-13-8-24-10-25-13/h2-5,8,10-11,15-18,29-30,36H,6-7,9,23H2,1H3,(H,24,25)(H,26,33)(H,27,31)(H,28,32)(H,34,35). The highest BCUT2D eigenvalue weighted by molar-refractivity contribution is 7.80. The van der Waals surface area contributed by atoms with Crippen molar-refractivity contribution in [2.24, 2.45) is 5.73 Å². The molecule has 2 aromatic rings. The summed E-state index contributed by atoms with van der Waals surface area (Å²) in [6.45, 7) is 1.24. The van der Waals surface area contributed by atoms with Crippen molar-refractivity contribution in [3.63, 3.8) is 0 Å². The molecule has 5 atom stereocenters. The van der Waals surface area contributed by atoms with Crippen molar-refractivity contribution in [3.8, 4) is 5.75 Å². The number of nitrogens with zero attached hydrogens (tertiary/aromatic N) is 1. The third kappa shape index (κ3) is 8.55. The molecule has 0 bridgehead atoms. The lowest BCUT2D eigenvalue weighted by Crippen LogP contribution is -2.60. The summed E-state index contributed by atoms with van der Waals surface area (Å²) in [5.74, 6) is -3.88. The molecule has 0 saturated heterocycles. The molecule has 0 saturated carbocycles. The molecule has 1 heterocycles. The van der Waals surface area contributed by atoms with Crippen molar-refractivity contribution >= 4 is 36.3 Å². The number of carboxylic acid groups (broad SMARTS) is 1. The largest absolute Gasteiger partial charge is 0.508 e. The molecule has 14 heteroatoms. The summed E-state index contributed by atoms with van der Waals surface area (Å²) in [4.78, 5) is 56.3. The second kappa shape index (κ2) is 13.5. The van der Waals surface area contributed by atoms with E-state index in [1.165, 1.54) is 43.7 Å². The van der Waals surface area contributed by atoms with Gasteiger partial charge < -0.3 is 42.0 Å². The highest BCUT2D eigenvalue weighted by Crippen LogP contribution is 2.12. The second-order valence-corrected chi connectivity index (χ2v) is 8.49. The van der Waals surface area contributed by atoms with Crippen LogP contribution < -0.4 is 21.7 Å². The molecule has 0 aliphatic carbocycles. The maximum atomic E-state index is 12.8. The topological polar surface area (TPSA) is 220 Å². The smallest absolute Gasteiger partial charge is 0.326 e. The number of imidazole rings is 1. The van der Waals surface area contributed by atoms with Crippen LogP contribution in [-0.4, -0.2) is 85.0 Å². The number of aromatic amines is 1. The number of aliphatic hydroxyl groups excluding tert-OH is 1. The average Bonchev–Trinajstić information content (AvgIpc) is 3.34. The zero-order chi connectivity index (χ0) is 26.8. The number of benzene rings is 1. The van der Waals surface area contributed by atoms with Crippen molar-refractivity contribution in [2.45, 2.75) is 50.0 Å². The van der Waals surface area contributed by atoms with Gasteiger partial charge in [-0.25, -0.2) is 9.78 Å². The Morgan fingerprint density at radius 2 is 1.67 bits per heavy atom. The Kier molecular flexibility index (Phi) is 10.7. The Hall–Kier alpha value is -3.62. The Morgan fingerprint density at radius 1 is 1.03 bits per heavy atom. The van der Waals surface area contributed by atoms with Crippen molar-refractivity contribution in [1.29, 1.82) is 0 Å². The van der Waals surface area contributed by atoms with Gasteiger partial charge in [0.2, 0.25) is 17.7 Å². The number of hydrogen-bond acceptors (Lipinski definition) is 9. The van der Waals surface area contributed by atoms with Gasteiger partial charge in [0, 0.05) is 30.5 Å². The Balaban J connectivity index is 2.02. The molecule has 36 heavy (non-hydrogen) atoms. The van der Waals surface area contributed by atoms with Crippen molar-refractivity contribution in [3.05, 3.63) is 48.0 Å².